The molecule has 3 rings (SSSR count). The van der Waals surface area contributed by atoms with Crippen LogP contribution in [0.1, 0.15) is 18.4 Å². The van der Waals surface area contributed by atoms with Crippen molar-refractivity contribution < 1.29 is 9.50 Å². The summed E-state index contributed by atoms with van der Waals surface area (Å²) in [5, 5.41) is 13.2. The average molecular weight is 335 g/mol. The molecule has 0 aliphatic carbocycles. The van der Waals surface area contributed by atoms with E-state index >= 15 is 0 Å². The molecule has 5 heteroatoms. The first-order valence-electron chi connectivity index (χ1n) is 7.83. The maximum absolute atomic E-state index is 13.2. The van der Waals surface area contributed by atoms with Gasteiger partial charge >= 0.3 is 0 Å². The molecule has 2 N–H and O–H groups in total. The van der Waals surface area contributed by atoms with Crippen molar-refractivity contribution in [3.05, 3.63) is 58.9 Å². The van der Waals surface area contributed by atoms with Gasteiger partial charge in [0, 0.05) is 19.6 Å². The Kier molecular flexibility index (Phi) is 5.03. The summed E-state index contributed by atoms with van der Waals surface area (Å²) >= 11 is 5.83. The molecule has 1 aliphatic heterocycles. The molecule has 0 atom stereocenters. The maximum Gasteiger partial charge on any atom is 0.141 e. The third-order valence-electron chi connectivity index (χ3n) is 4.18. The summed E-state index contributed by atoms with van der Waals surface area (Å²) in [5.41, 5.74) is 3.09. The standard InChI is InChI=1S/C18H20ClFN2O/c19-15-11-13(5-6-16(15)20)12-21-17-3-1-2-4-18(17)22-9-7-14(23)8-10-22/h1-6,11,14,21,23H,7-10,12H2. The van der Waals surface area contributed by atoms with E-state index in [4.69, 9.17) is 11.6 Å². The molecule has 1 heterocycles. The van der Waals surface area contributed by atoms with Crippen LogP contribution in [0, 0.1) is 5.82 Å². The first-order valence-corrected chi connectivity index (χ1v) is 8.21. The number of nitrogens with zero attached hydrogens (tertiary/aromatic N) is 1. The van der Waals surface area contributed by atoms with Gasteiger partial charge in [0.15, 0.2) is 0 Å². The summed E-state index contributed by atoms with van der Waals surface area (Å²) in [6.07, 6.45) is 1.40. The van der Waals surface area contributed by atoms with Crippen molar-refractivity contribution in [1.82, 2.24) is 0 Å². The van der Waals surface area contributed by atoms with Crippen molar-refractivity contribution in [3.63, 3.8) is 0 Å². The summed E-state index contributed by atoms with van der Waals surface area (Å²) in [6.45, 7) is 2.28. The number of halogens is 2. The second-order valence-corrected chi connectivity index (χ2v) is 6.24. The van der Waals surface area contributed by atoms with Crippen LogP contribution in [-0.4, -0.2) is 24.3 Å². The lowest BCUT2D eigenvalue weighted by molar-refractivity contribution is 0.145. The van der Waals surface area contributed by atoms with Crippen LogP contribution in [-0.2, 0) is 6.54 Å². The number of rotatable bonds is 4. The molecule has 0 unspecified atom stereocenters. The van der Waals surface area contributed by atoms with E-state index in [9.17, 15) is 9.50 Å². The van der Waals surface area contributed by atoms with E-state index in [-0.39, 0.29) is 11.1 Å². The van der Waals surface area contributed by atoms with Crippen LogP contribution < -0.4 is 10.2 Å². The van der Waals surface area contributed by atoms with E-state index < -0.39 is 5.82 Å². The van der Waals surface area contributed by atoms with Crippen LogP contribution in [0.4, 0.5) is 15.8 Å². The number of hydrogen-bond acceptors (Lipinski definition) is 3. The second kappa shape index (κ2) is 7.20. The molecule has 1 fully saturated rings. The molecule has 2 aromatic carbocycles. The smallest absolute Gasteiger partial charge is 0.141 e. The molecule has 2 aromatic rings. The predicted octanol–water partition coefficient (Wildman–Crippen LogP) is 4.05. The Morgan fingerprint density at radius 3 is 2.65 bits per heavy atom. The van der Waals surface area contributed by atoms with Crippen LogP contribution in [0.25, 0.3) is 0 Å². The highest BCUT2D eigenvalue weighted by Crippen LogP contribution is 2.29. The third-order valence-corrected chi connectivity index (χ3v) is 4.47. The Balaban J connectivity index is 1.71. The van der Waals surface area contributed by atoms with Crippen LogP contribution >= 0.6 is 11.6 Å². The van der Waals surface area contributed by atoms with E-state index in [1.54, 1.807) is 12.1 Å². The molecular formula is C18H20ClFN2O. The predicted molar refractivity (Wildman–Crippen MR) is 92.6 cm³/mol. The minimum absolute atomic E-state index is 0.141. The molecule has 0 aromatic heterocycles. The first kappa shape index (κ1) is 16.1. The van der Waals surface area contributed by atoms with Gasteiger partial charge in [0.1, 0.15) is 5.82 Å². The highest BCUT2D eigenvalue weighted by atomic mass is 35.5. The summed E-state index contributed by atoms with van der Waals surface area (Å²) in [4.78, 5) is 2.28. The van der Waals surface area contributed by atoms with Gasteiger partial charge in [-0.15, -0.1) is 0 Å². The Bertz CT molecular complexity index is 672. The minimum atomic E-state index is -0.400. The first-order chi connectivity index (χ1) is 11.1. The summed E-state index contributed by atoms with van der Waals surface area (Å²) < 4.78 is 13.2. The number of benzene rings is 2. The van der Waals surface area contributed by atoms with Gasteiger partial charge < -0.3 is 15.3 Å². The molecular weight excluding hydrogens is 315 g/mol. The van der Waals surface area contributed by atoms with E-state index in [2.05, 4.69) is 16.3 Å². The SMILES string of the molecule is OC1CCN(c2ccccc2NCc2ccc(F)c(Cl)c2)CC1. The summed E-state index contributed by atoms with van der Waals surface area (Å²) in [5.74, 6) is -0.400. The zero-order valence-corrected chi connectivity index (χ0v) is 13.6. The lowest BCUT2D eigenvalue weighted by atomic mass is 10.1. The number of aliphatic hydroxyl groups excluding tert-OH is 1. The quantitative estimate of drug-likeness (QED) is 0.885. The molecule has 122 valence electrons. The summed E-state index contributed by atoms with van der Waals surface area (Å²) in [7, 11) is 0. The van der Waals surface area contributed by atoms with Crippen LogP contribution in [0.5, 0.6) is 0 Å². The van der Waals surface area contributed by atoms with Crippen molar-refractivity contribution in [2.45, 2.75) is 25.5 Å². The Hall–Kier alpha value is -1.78. The fourth-order valence-corrected chi connectivity index (χ4v) is 3.06. The Morgan fingerprint density at radius 2 is 1.91 bits per heavy atom. The van der Waals surface area contributed by atoms with Crippen molar-refractivity contribution in [1.29, 1.82) is 0 Å². The third kappa shape index (κ3) is 3.95. The van der Waals surface area contributed by atoms with Gasteiger partial charge in [-0.25, -0.2) is 4.39 Å². The fourth-order valence-electron chi connectivity index (χ4n) is 2.85. The van der Waals surface area contributed by atoms with E-state index in [0.29, 0.717) is 6.54 Å². The lowest BCUT2D eigenvalue weighted by Crippen LogP contribution is -2.36. The number of piperidine rings is 1. The molecule has 0 bridgehead atoms. The van der Waals surface area contributed by atoms with Crippen molar-refractivity contribution in [2.24, 2.45) is 0 Å². The minimum Gasteiger partial charge on any atom is -0.393 e. The van der Waals surface area contributed by atoms with E-state index in [1.807, 2.05) is 18.2 Å². The molecule has 1 aliphatic rings. The second-order valence-electron chi connectivity index (χ2n) is 5.84. The van der Waals surface area contributed by atoms with Crippen molar-refractivity contribution in [2.75, 3.05) is 23.3 Å². The topological polar surface area (TPSA) is 35.5 Å². The van der Waals surface area contributed by atoms with Crippen LogP contribution in [0.15, 0.2) is 42.5 Å². The Morgan fingerprint density at radius 1 is 1.17 bits per heavy atom. The monoisotopic (exact) mass is 334 g/mol. The van der Waals surface area contributed by atoms with Gasteiger partial charge in [0.05, 0.1) is 22.5 Å². The van der Waals surface area contributed by atoms with E-state index in [0.717, 1.165) is 42.9 Å². The highest BCUT2D eigenvalue weighted by molar-refractivity contribution is 6.30. The van der Waals surface area contributed by atoms with Crippen molar-refractivity contribution >= 4 is 23.0 Å². The lowest BCUT2D eigenvalue weighted by Gasteiger charge is -2.33. The maximum atomic E-state index is 13.2. The van der Waals surface area contributed by atoms with E-state index in [1.165, 1.54) is 6.07 Å². The van der Waals surface area contributed by atoms with Gasteiger partial charge in [0.2, 0.25) is 0 Å². The largest absolute Gasteiger partial charge is 0.393 e. The highest BCUT2D eigenvalue weighted by Gasteiger charge is 2.19. The number of anilines is 2. The molecule has 0 saturated carbocycles. The number of aliphatic hydroxyl groups is 1. The van der Waals surface area contributed by atoms with Gasteiger partial charge in [-0.05, 0) is 42.7 Å². The molecule has 0 radical (unpaired) electrons. The van der Waals surface area contributed by atoms with Crippen molar-refractivity contribution in [3.8, 4) is 0 Å². The zero-order valence-electron chi connectivity index (χ0n) is 12.8. The Labute approximate surface area is 140 Å². The fraction of sp³-hybridized carbons (Fsp3) is 0.333. The van der Waals surface area contributed by atoms with Gasteiger partial charge in [0.25, 0.3) is 0 Å². The van der Waals surface area contributed by atoms with Gasteiger partial charge in [-0.1, -0.05) is 29.8 Å². The van der Waals surface area contributed by atoms with Gasteiger partial charge in [-0.2, -0.15) is 0 Å². The average Bonchev–Trinajstić information content (AvgIpc) is 2.57. The molecule has 23 heavy (non-hydrogen) atoms. The molecule has 0 amide bonds. The summed E-state index contributed by atoms with van der Waals surface area (Å²) in [6, 6.07) is 12.9. The zero-order chi connectivity index (χ0) is 16.2. The molecule has 1 saturated heterocycles. The number of hydrogen-bond donors (Lipinski definition) is 2. The van der Waals surface area contributed by atoms with Crippen LogP contribution in [0.2, 0.25) is 5.02 Å². The number of nitrogens with one attached hydrogen (secondary N) is 1. The van der Waals surface area contributed by atoms with Gasteiger partial charge in [-0.3, -0.25) is 0 Å². The molecule has 3 nitrogen and oxygen atoms in total. The number of para-hydroxylation sites is 2. The molecule has 0 spiro atoms. The normalized spacial score (nSPS) is 15.7. The van der Waals surface area contributed by atoms with Crippen LogP contribution in [0.3, 0.4) is 0 Å².